The number of hydrogen-bond acceptors (Lipinski definition) is 6. The monoisotopic (exact) mass is 528 g/mol. The fourth-order valence-electron chi connectivity index (χ4n) is 4.90. The van der Waals surface area contributed by atoms with E-state index < -0.39 is 0 Å². The Hall–Kier alpha value is -4.44. The number of urea groups is 1. The van der Waals surface area contributed by atoms with E-state index in [-0.39, 0.29) is 24.1 Å². The number of methoxy groups -OCH3 is 1. The number of aromatic amines is 1. The highest BCUT2D eigenvalue weighted by atomic mass is 16.5. The molecule has 0 spiro atoms. The molecule has 3 heterocycles. The Balaban J connectivity index is 1.51. The first-order chi connectivity index (χ1) is 18.7. The number of hydrogen-bond donors (Lipinski definition) is 2. The number of para-hydroxylation sites is 1. The number of ether oxygens (including phenoxy) is 2. The number of fused-ring (bicyclic) bond motifs is 1. The standard InChI is InChI=1S/C29H32N6O4/c1-17-15-35(16-18(2)39-17)29(37)31-24-11-10-19(12-22(24)28(36)34(3)4)20-13-23-26(32-33-27(23)30-14-20)21-8-6-7-9-25(21)38-5/h6-14,17-18H,15-16H2,1-5H3,(H,31,37)(H,30,32,33). The van der Waals surface area contributed by atoms with Gasteiger partial charge >= 0.3 is 6.03 Å². The smallest absolute Gasteiger partial charge is 0.322 e. The van der Waals surface area contributed by atoms with Crippen molar-refractivity contribution in [2.45, 2.75) is 26.1 Å². The third-order valence-electron chi connectivity index (χ3n) is 6.72. The van der Waals surface area contributed by atoms with Crippen LogP contribution in [0.3, 0.4) is 0 Å². The van der Waals surface area contributed by atoms with Crippen LogP contribution in [0.1, 0.15) is 24.2 Å². The zero-order valence-corrected chi connectivity index (χ0v) is 22.7. The minimum absolute atomic E-state index is 0.0594. The van der Waals surface area contributed by atoms with Crippen LogP contribution in [0.4, 0.5) is 10.5 Å². The van der Waals surface area contributed by atoms with Crippen molar-refractivity contribution in [2.24, 2.45) is 0 Å². The van der Waals surface area contributed by atoms with Gasteiger partial charge in [0.15, 0.2) is 5.65 Å². The van der Waals surface area contributed by atoms with Crippen LogP contribution in [0.15, 0.2) is 54.7 Å². The summed E-state index contributed by atoms with van der Waals surface area (Å²) >= 11 is 0. The molecule has 2 aromatic carbocycles. The number of nitrogens with zero attached hydrogens (tertiary/aromatic N) is 4. The second-order valence-corrected chi connectivity index (χ2v) is 9.95. The highest BCUT2D eigenvalue weighted by Crippen LogP contribution is 2.35. The Morgan fingerprint density at radius 3 is 2.54 bits per heavy atom. The molecule has 3 amide bonds. The van der Waals surface area contributed by atoms with Crippen molar-refractivity contribution in [1.82, 2.24) is 25.0 Å². The summed E-state index contributed by atoms with van der Waals surface area (Å²) in [4.78, 5) is 34.0. The molecule has 5 rings (SSSR count). The fraction of sp³-hybridized carbons (Fsp3) is 0.310. The summed E-state index contributed by atoms with van der Waals surface area (Å²) in [6.45, 7) is 4.85. The van der Waals surface area contributed by atoms with Crippen molar-refractivity contribution in [2.75, 3.05) is 39.6 Å². The van der Waals surface area contributed by atoms with E-state index in [1.54, 1.807) is 44.4 Å². The van der Waals surface area contributed by atoms with Gasteiger partial charge in [-0.2, -0.15) is 5.10 Å². The minimum Gasteiger partial charge on any atom is -0.496 e. The van der Waals surface area contributed by atoms with Crippen molar-refractivity contribution < 1.29 is 19.1 Å². The SMILES string of the molecule is COc1ccccc1-c1[nH]nc2ncc(-c3ccc(NC(=O)N4CC(C)OC(C)C4)c(C(=O)N(C)C)c3)cc12. The molecule has 0 bridgehead atoms. The zero-order valence-electron chi connectivity index (χ0n) is 22.7. The number of nitrogens with one attached hydrogen (secondary N) is 2. The average Bonchev–Trinajstić information content (AvgIpc) is 3.35. The predicted octanol–water partition coefficient (Wildman–Crippen LogP) is 4.64. The van der Waals surface area contributed by atoms with Crippen LogP contribution in [0.2, 0.25) is 0 Å². The molecule has 202 valence electrons. The van der Waals surface area contributed by atoms with E-state index in [0.717, 1.165) is 33.5 Å². The number of benzene rings is 2. The first-order valence-corrected chi connectivity index (χ1v) is 12.8. The number of H-pyrrole nitrogens is 1. The van der Waals surface area contributed by atoms with Crippen LogP contribution < -0.4 is 10.1 Å². The molecule has 0 saturated carbocycles. The van der Waals surface area contributed by atoms with Gasteiger partial charge in [-0.05, 0) is 49.7 Å². The van der Waals surface area contributed by atoms with Crippen LogP contribution >= 0.6 is 0 Å². The number of amides is 3. The maximum atomic E-state index is 13.2. The molecule has 2 atom stereocenters. The normalized spacial score (nSPS) is 17.2. The molecular formula is C29H32N6O4. The summed E-state index contributed by atoms with van der Waals surface area (Å²) in [5.74, 6) is 0.499. The Labute approximate surface area is 226 Å². The lowest BCUT2D eigenvalue weighted by Gasteiger charge is -2.35. The molecular weight excluding hydrogens is 496 g/mol. The second-order valence-electron chi connectivity index (χ2n) is 9.95. The predicted molar refractivity (Wildman–Crippen MR) is 150 cm³/mol. The summed E-state index contributed by atoms with van der Waals surface area (Å²) in [5, 5.41) is 11.2. The Morgan fingerprint density at radius 2 is 1.82 bits per heavy atom. The lowest BCUT2D eigenvalue weighted by Crippen LogP contribution is -2.49. The molecule has 2 aromatic heterocycles. The molecule has 10 heteroatoms. The van der Waals surface area contributed by atoms with Gasteiger partial charge in [0.05, 0.1) is 36.3 Å². The highest BCUT2D eigenvalue weighted by molar-refractivity contribution is 6.04. The van der Waals surface area contributed by atoms with Crippen molar-refractivity contribution in [3.63, 3.8) is 0 Å². The van der Waals surface area contributed by atoms with Gasteiger partial charge in [-0.15, -0.1) is 0 Å². The summed E-state index contributed by atoms with van der Waals surface area (Å²) < 4.78 is 11.3. The third kappa shape index (κ3) is 5.28. The second kappa shape index (κ2) is 10.7. The van der Waals surface area contributed by atoms with Crippen LogP contribution in [0.25, 0.3) is 33.4 Å². The van der Waals surface area contributed by atoms with Gasteiger partial charge in [-0.3, -0.25) is 9.89 Å². The van der Waals surface area contributed by atoms with Gasteiger partial charge in [0.25, 0.3) is 5.91 Å². The lowest BCUT2D eigenvalue weighted by atomic mass is 10.0. The number of carbonyl (C=O) groups excluding carboxylic acids is 2. The van der Waals surface area contributed by atoms with Crippen molar-refractivity contribution in [3.05, 3.63) is 60.3 Å². The third-order valence-corrected chi connectivity index (χ3v) is 6.72. The van der Waals surface area contributed by atoms with Crippen molar-refractivity contribution in [1.29, 1.82) is 0 Å². The van der Waals surface area contributed by atoms with E-state index in [4.69, 9.17) is 9.47 Å². The van der Waals surface area contributed by atoms with Crippen LogP contribution in [-0.4, -0.2) is 83.4 Å². The summed E-state index contributed by atoms with van der Waals surface area (Å²) in [6.07, 6.45) is 1.61. The van der Waals surface area contributed by atoms with Gasteiger partial charge in [0.1, 0.15) is 5.75 Å². The zero-order chi connectivity index (χ0) is 27.7. The van der Waals surface area contributed by atoms with Crippen molar-refractivity contribution >= 4 is 28.7 Å². The molecule has 1 saturated heterocycles. The maximum absolute atomic E-state index is 13.2. The Morgan fingerprint density at radius 1 is 1.08 bits per heavy atom. The van der Waals surface area contributed by atoms with E-state index in [9.17, 15) is 9.59 Å². The fourth-order valence-corrected chi connectivity index (χ4v) is 4.90. The topological polar surface area (TPSA) is 113 Å². The Kier molecular flexibility index (Phi) is 7.21. The van der Waals surface area contributed by atoms with E-state index >= 15 is 0 Å². The summed E-state index contributed by atoms with van der Waals surface area (Å²) in [5.41, 5.74) is 4.66. The maximum Gasteiger partial charge on any atom is 0.322 e. The van der Waals surface area contributed by atoms with Gasteiger partial charge in [0.2, 0.25) is 0 Å². The quantitative estimate of drug-likeness (QED) is 0.390. The average molecular weight is 529 g/mol. The number of rotatable bonds is 5. The highest BCUT2D eigenvalue weighted by Gasteiger charge is 2.27. The number of anilines is 1. The minimum atomic E-state index is -0.263. The molecule has 39 heavy (non-hydrogen) atoms. The lowest BCUT2D eigenvalue weighted by molar-refractivity contribution is -0.0530. The van der Waals surface area contributed by atoms with Gasteiger partial charge in [0, 0.05) is 49.9 Å². The van der Waals surface area contributed by atoms with Crippen LogP contribution in [-0.2, 0) is 4.74 Å². The van der Waals surface area contributed by atoms with Gasteiger partial charge < -0.3 is 24.6 Å². The van der Waals surface area contributed by atoms with E-state index in [1.165, 1.54) is 4.90 Å². The van der Waals surface area contributed by atoms with E-state index in [1.807, 2.05) is 50.2 Å². The molecule has 10 nitrogen and oxygen atoms in total. The molecule has 1 aliphatic heterocycles. The van der Waals surface area contributed by atoms with E-state index in [2.05, 4.69) is 20.5 Å². The van der Waals surface area contributed by atoms with Crippen molar-refractivity contribution in [3.8, 4) is 28.1 Å². The van der Waals surface area contributed by atoms with Crippen LogP contribution in [0, 0.1) is 0 Å². The molecule has 0 radical (unpaired) electrons. The largest absolute Gasteiger partial charge is 0.496 e. The summed E-state index contributed by atoms with van der Waals surface area (Å²) in [6, 6.07) is 14.8. The first-order valence-electron chi connectivity index (χ1n) is 12.8. The van der Waals surface area contributed by atoms with Gasteiger partial charge in [-0.25, -0.2) is 9.78 Å². The van der Waals surface area contributed by atoms with Crippen LogP contribution in [0.5, 0.6) is 5.75 Å². The molecule has 4 aromatic rings. The van der Waals surface area contributed by atoms with E-state index in [0.29, 0.717) is 30.0 Å². The molecule has 2 N–H and O–H groups in total. The summed E-state index contributed by atoms with van der Waals surface area (Å²) in [7, 11) is 5.00. The molecule has 1 aliphatic rings. The Bertz CT molecular complexity index is 1520. The molecule has 2 unspecified atom stereocenters. The molecule has 1 fully saturated rings. The number of morpholine rings is 1. The van der Waals surface area contributed by atoms with Gasteiger partial charge in [-0.1, -0.05) is 18.2 Å². The first kappa shape index (κ1) is 26.2. The number of aromatic nitrogens is 3. The number of pyridine rings is 1. The molecule has 0 aliphatic carbocycles. The number of carbonyl (C=O) groups is 2.